The van der Waals surface area contributed by atoms with Gasteiger partial charge in [0.2, 0.25) is 6.17 Å². The van der Waals surface area contributed by atoms with Crippen LogP contribution < -0.4 is 16.1 Å². The monoisotopic (exact) mass is 707 g/mol. The Hall–Kier alpha value is -3.26. The lowest BCUT2D eigenvalue weighted by Crippen LogP contribution is -2.53. The maximum Gasteiger partial charge on any atom is 0.461 e. The topological polar surface area (TPSA) is 129 Å². The summed E-state index contributed by atoms with van der Waals surface area (Å²) in [6, 6.07) is 3.84. The van der Waals surface area contributed by atoms with E-state index in [-0.39, 0.29) is 37.7 Å². The van der Waals surface area contributed by atoms with Crippen molar-refractivity contribution in [2.45, 2.75) is 50.9 Å². The highest BCUT2D eigenvalue weighted by atomic mass is 79.9. The van der Waals surface area contributed by atoms with Gasteiger partial charge >= 0.3 is 18.3 Å². The minimum atomic E-state index is -6.21. The number of aryl methyl sites for hydroxylation is 1. The van der Waals surface area contributed by atoms with Gasteiger partial charge in [-0.2, -0.15) is 40.1 Å². The number of carbonyl (C=O) groups excluding carboxylic acids is 2. The Labute approximate surface area is 249 Å². The lowest BCUT2D eigenvalue weighted by molar-refractivity contribution is -0.250. The van der Waals surface area contributed by atoms with E-state index in [0.717, 1.165) is 6.20 Å². The smallest absolute Gasteiger partial charge is 0.349 e. The molecule has 1 aromatic carbocycles. The molecule has 236 valence electrons. The van der Waals surface area contributed by atoms with E-state index in [4.69, 9.17) is 0 Å². The fraction of sp³-hybridized carbons (Fsp3) is 0.435. The number of amides is 2. The molecule has 1 aromatic heterocycles. The van der Waals surface area contributed by atoms with E-state index < -0.39 is 71.3 Å². The molecule has 0 spiro atoms. The van der Waals surface area contributed by atoms with Gasteiger partial charge in [0.05, 0.1) is 35.2 Å². The van der Waals surface area contributed by atoms with E-state index in [2.05, 4.69) is 41.5 Å². The standard InChI is InChI=1S/C23H22BrF8N7O3S/c1-10(9-43(3)42)34-18(41)16-12(5-4-6-13(16)24)17(40)36-14-7-33-15(35-11(14)2)8-39-20(22(27,28)29)37-19(38-39)21(25,26)23(30,31)32/h4-7,10,20H,8-9H2,1-3H3,(H,34,41)(H,36,40)(H,37,38)/t10-,20?,43?/m0/s1. The van der Waals surface area contributed by atoms with Crippen LogP contribution >= 0.6 is 15.9 Å². The molecule has 3 atom stereocenters. The minimum absolute atomic E-state index is 0.0112. The van der Waals surface area contributed by atoms with Crippen LogP contribution in [0.1, 0.15) is 39.2 Å². The second-order valence-corrected chi connectivity index (χ2v) is 11.6. The van der Waals surface area contributed by atoms with Crippen LogP contribution in [0.2, 0.25) is 0 Å². The maximum absolute atomic E-state index is 13.7. The number of aromatic nitrogens is 2. The van der Waals surface area contributed by atoms with Crippen molar-refractivity contribution in [3.05, 3.63) is 51.5 Å². The molecule has 43 heavy (non-hydrogen) atoms. The van der Waals surface area contributed by atoms with Gasteiger partial charge in [-0.25, -0.2) is 15.0 Å². The highest BCUT2D eigenvalue weighted by Crippen LogP contribution is 2.39. The molecule has 0 saturated carbocycles. The molecule has 0 radical (unpaired) electrons. The molecule has 2 aromatic rings. The third-order valence-electron chi connectivity index (χ3n) is 5.68. The lowest BCUT2D eigenvalue weighted by Gasteiger charge is -2.25. The van der Waals surface area contributed by atoms with Crippen molar-refractivity contribution in [2.75, 3.05) is 17.3 Å². The lowest BCUT2D eigenvalue weighted by atomic mass is 10.1. The fourth-order valence-electron chi connectivity index (χ4n) is 3.77. The Balaban J connectivity index is 1.80. The molecule has 0 bridgehead atoms. The van der Waals surface area contributed by atoms with E-state index in [1.165, 1.54) is 36.8 Å². The van der Waals surface area contributed by atoms with Crippen LogP contribution in [-0.2, 0) is 17.3 Å². The van der Waals surface area contributed by atoms with Crippen molar-refractivity contribution < 1.29 is 48.9 Å². The molecule has 2 unspecified atom stereocenters. The summed E-state index contributed by atoms with van der Waals surface area (Å²) in [5.74, 6) is -9.65. The van der Waals surface area contributed by atoms with Crippen molar-refractivity contribution >= 4 is 50.1 Å². The first-order valence-corrected chi connectivity index (χ1v) is 14.4. The molecule has 3 rings (SSSR count). The Kier molecular flexibility index (Phi) is 10.2. The average Bonchev–Trinajstić information content (AvgIpc) is 3.29. The summed E-state index contributed by atoms with van der Waals surface area (Å²) in [6.07, 6.45) is -12.2. The zero-order valence-corrected chi connectivity index (χ0v) is 24.6. The Morgan fingerprint density at radius 1 is 1.14 bits per heavy atom. The van der Waals surface area contributed by atoms with Gasteiger partial charge in [0.25, 0.3) is 11.8 Å². The molecule has 3 N–H and O–H groups in total. The summed E-state index contributed by atoms with van der Waals surface area (Å²) >= 11 is 3.22. The van der Waals surface area contributed by atoms with Gasteiger partial charge < -0.3 is 10.6 Å². The van der Waals surface area contributed by atoms with Crippen LogP contribution in [0.5, 0.6) is 0 Å². The van der Waals surface area contributed by atoms with E-state index >= 15 is 0 Å². The van der Waals surface area contributed by atoms with Crippen molar-refractivity contribution in [2.24, 2.45) is 4.99 Å². The fourth-order valence-corrected chi connectivity index (χ4v) is 5.10. The first kappa shape index (κ1) is 34.2. The molecule has 0 saturated heterocycles. The predicted molar refractivity (Wildman–Crippen MR) is 142 cm³/mol. The van der Waals surface area contributed by atoms with Crippen LogP contribution in [0.4, 0.5) is 40.8 Å². The number of aliphatic imine (C=N–C) groups is 1. The van der Waals surface area contributed by atoms with Crippen LogP contribution in [0.3, 0.4) is 0 Å². The van der Waals surface area contributed by atoms with Crippen LogP contribution in [0.25, 0.3) is 0 Å². The van der Waals surface area contributed by atoms with Gasteiger partial charge in [-0.3, -0.25) is 19.2 Å². The molecular weight excluding hydrogens is 686 g/mol. The Morgan fingerprint density at radius 3 is 2.35 bits per heavy atom. The van der Waals surface area contributed by atoms with Crippen molar-refractivity contribution in [3.8, 4) is 0 Å². The minimum Gasteiger partial charge on any atom is -0.349 e. The van der Waals surface area contributed by atoms with Gasteiger partial charge in [0.15, 0.2) is 5.84 Å². The molecule has 20 heteroatoms. The summed E-state index contributed by atoms with van der Waals surface area (Å²) in [4.78, 5) is 36.2. The van der Waals surface area contributed by atoms with Gasteiger partial charge in [0, 0.05) is 33.3 Å². The summed E-state index contributed by atoms with van der Waals surface area (Å²) in [5.41, 5.74) is 1.16. The van der Waals surface area contributed by atoms with Crippen LogP contribution in [0.15, 0.2) is 33.9 Å². The summed E-state index contributed by atoms with van der Waals surface area (Å²) in [5, 5.41) is 5.08. The number of nitrogens with zero attached hydrogens (tertiary/aromatic N) is 4. The highest BCUT2D eigenvalue weighted by molar-refractivity contribution is 9.10. The summed E-state index contributed by atoms with van der Waals surface area (Å²) in [7, 11) is -1.20. The van der Waals surface area contributed by atoms with E-state index in [0.29, 0.717) is 0 Å². The molecule has 1 aliphatic rings. The molecular formula is C23H22BrF8N7O3S. The van der Waals surface area contributed by atoms with E-state index in [9.17, 15) is 48.9 Å². The van der Waals surface area contributed by atoms with Gasteiger partial charge in [-0.05, 0) is 41.9 Å². The second kappa shape index (κ2) is 12.8. The number of anilines is 1. The Bertz CT molecular complexity index is 1450. The first-order chi connectivity index (χ1) is 19.7. The zero-order valence-electron chi connectivity index (χ0n) is 22.2. The molecule has 0 fully saturated rings. The number of halogens is 9. The van der Waals surface area contributed by atoms with Crippen molar-refractivity contribution in [3.63, 3.8) is 0 Å². The number of benzene rings is 1. The number of hydrazine groups is 1. The molecule has 10 nitrogen and oxygen atoms in total. The Morgan fingerprint density at radius 2 is 1.79 bits per heavy atom. The zero-order chi connectivity index (χ0) is 32.5. The third kappa shape index (κ3) is 8.02. The third-order valence-corrected chi connectivity index (χ3v) is 7.31. The molecule has 0 aliphatic carbocycles. The highest BCUT2D eigenvalue weighted by Gasteiger charge is 2.64. The SMILES string of the molecule is Cc1nc(CN2NC(C(F)(F)C(F)(F)F)=NC2C(F)(F)F)ncc1NC(=O)c1cccc(Br)c1C(=O)N[C@@H](C)CS(C)=O. The number of hydrogen-bond acceptors (Lipinski definition) is 8. The maximum atomic E-state index is 13.7. The van der Waals surface area contributed by atoms with Crippen molar-refractivity contribution in [1.82, 2.24) is 25.7 Å². The summed E-state index contributed by atoms with van der Waals surface area (Å²) in [6.45, 7) is 1.94. The van der Waals surface area contributed by atoms with E-state index in [1.54, 1.807) is 6.92 Å². The van der Waals surface area contributed by atoms with Crippen molar-refractivity contribution in [1.29, 1.82) is 0 Å². The summed E-state index contributed by atoms with van der Waals surface area (Å²) < 4.78 is 117. The number of amidine groups is 1. The van der Waals surface area contributed by atoms with Gasteiger partial charge in [-0.15, -0.1) is 0 Å². The molecule has 2 amide bonds. The number of carbonyl (C=O) groups is 2. The quantitative estimate of drug-likeness (QED) is 0.335. The first-order valence-electron chi connectivity index (χ1n) is 11.9. The number of nitrogens with one attached hydrogen (secondary N) is 3. The predicted octanol–water partition coefficient (Wildman–Crippen LogP) is 4.10. The number of rotatable bonds is 9. The normalized spacial score (nSPS) is 17.6. The van der Waals surface area contributed by atoms with Crippen LogP contribution in [0, 0.1) is 6.92 Å². The molecule has 2 heterocycles. The van der Waals surface area contributed by atoms with Crippen LogP contribution in [-0.4, -0.2) is 79.3 Å². The van der Waals surface area contributed by atoms with E-state index in [1.807, 2.05) is 0 Å². The molecule has 1 aliphatic heterocycles. The van der Waals surface area contributed by atoms with Gasteiger partial charge in [-0.1, -0.05) is 6.07 Å². The largest absolute Gasteiger partial charge is 0.461 e. The number of alkyl halides is 8. The average molecular weight is 708 g/mol. The van der Waals surface area contributed by atoms with Gasteiger partial charge in [0.1, 0.15) is 5.82 Å². The number of hydrogen-bond donors (Lipinski definition) is 3. The second-order valence-electron chi connectivity index (χ2n) is 9.22.